The standard InChI is InChI=1S/C10H16N6/c1-8-13-14-10(16(8)3)6-11-4-9-5-12-15(2)7-9/h5,7,11H,4,6H2,1-3H3. The molecule has 2 aromatic rings. The van der Waals surface area contributed by atoms with E-state index in [1.807, 2.05) is 38.0 Å². The van der Waals surface area contributed by atoms with Crippen molar-refractivity contribution in [3.63, 3.8) is 0 Å². The summed E-state index contributed by atoms with van der Waals surface area (Å²) in [7, 11) is 3.88. The molecule has 0 fully saturated rings. The maximum Gasteiger partial charge on any atom is 0.146 e. The van der Waals surface area contributed by atoms with Gasteiger partial charge in [-0.05, 0) is 6.92 Å². The highest BCUT2D eigenvalue weighted by atomic mass is 15.3. The molecule has 2 rings (SSSR count). The summed E-state index contributed by atoms with van der Waals surface area (Å²) in [6.45, 7) is 3.45. The van der Waals surface area contributed by atoms with Gasteiger partial charge in [0, 0.05) is 32.4 Å². The molecule has 2 heterocycles. The van der Waals surface area contributed by atoms with Crippen molar-refractivity contribution in [3.05, 3.63) is 29.6 Å². The molecular formula is C10H16N6. The number of aryl methyl sites for hydroxylation is 2. The van der Waals surface area contributed by atoms with Crippen LogP contribution in [0.25, 0.3) is 0 Å². The fourth-order valence-corrected chi connectivity index (χ4v) is 1.49. The minimum atomic E-state index is 0.715. The zero-order valence-electron chi connectivity index (χ0n) is 9.80. The van der Waals surface area contributed by atoms with Gasteiger partial charge in [-0.2, -0.15) is 5.10 Å². The Balaban J connectivity index is 1.86. The smallest absolute Gasteiger partial charge is 0.146 e. The molecule has 0 aromatic carbocycles. The van der Waals surface area contributed by atoms with Crippen molar-refractivity contribution >= 4 is 0 Å². The van der Waals surface area contributed by atoms with E-state index in [9.17, 15) is 0 Å². The van der Waals surface area contributed by atoms with Crippen molar-refractivity contribution in [2.75, 3.05) is 0 Å². The molecule has 0 amide bonds. The maximum absolute atomic E-state index is 4.11. The van der Waals surface area contributed by atoms with E-state index < -0.39 is 0 Å². The number of rotatable bonds is 4. The molecule has 2 aromatic heterocycles. The van der Waals surface area contributed by atoms with Gasteiger partial charge in [0.05, 0.1) is 12.7 Å². The van der Waals surface area contributed by atoms with Crippen LogP contribution in [-0.2, 0) is 27.2 Å². The highest BCUT2D eigenvalue weighted by Crippen LogP contribution is 1.99. The van der Waals surface area contributed by atoms with Crippen LogP contribution in [0.1, 0.15) is 17.2 Å². The average molecular weight is 220 g/mol. The molecule has 0 aliphatic rings. The Morgan fingerprint density at radius 1 is 1.25 bits per heavy atom. The molecule has 16 heavy (non-hydrogen) atoms. The third-order valence-electron chi connectivity index (χ3n) is 2.55. The van der Waals surface area contributed by atoms with E-state index in [1.165, 1.54) is 5.56 Å². The fourth-order valence-electron chi connectivity index (χ4n) is 1.49. The number of aromatic nitrogens is 5. The van der Waals surface area contributed by atoms with Gasteiger partial charge in [-0.15, -0.1) is 10.2 Å². The quantitative estimate of drug-likeness (QED) is 0.796. The first-order chi connectivity index (χ1) is 7.66. The highest BCUT2D eigenvalue weighted by molar-refractivity contribution is 5.03. The number of nitrogens with zero attached hydrogens (tertiary/aromatic N) is 5. The molecule has 6 nitrogen and oxygen atoms in total. The Kier molecular flexibility index (Phi) is 3.00. The van der Waals surface area contributed by atoms with Crippen molar-refractivity contribution in [1.29, 1.82) is 0 Å². The number of hydrogen-bond donors (Lipinski definition) is 1. The summed E-state index contributed by atoms with van der Waals surface area (Å²) in [4.78, 5) is 0. The lowest BCUT2D eigenvalue weighted by molar-refractivity contribution is 0.634. The average Bonchev–Trinajstić information content (AvgIpc) is 2.79. The van der Waals surface area contributed by atoms with Crippen LogP contribution in [0.2, 0.25) is 0 Å². The molecule has 0 atom stereocenters. The first-order valence-corrected chi connectivity index (χ1v) is 5.20. The molecular weight excluding hydrogens is 204 g/mol. The Hall–Kier alpha value is -1.69. The minimum Gasteiger partial charge on any atom is -0.317 e. The molecule has 1 N–H and O–H groups in total. The van der Waals surface area contributed by atoms with Crippen molar-refractivity contribution in [2.24, 2.45) is 14.1 Å². The van der Waals surface area contributed by atoms with Crippen molar-refractivity contribution in [3.8, 4) is 0 Å². The lowest BCUT2D eigenvalue weighted by atomic mass is 10.3. The molecule has 0 bridgehead atoms. The second-order valence-electron chi connectivity index (χ2n) is 3.85. The van der Waals surface area contributed by atoms with E-state index in [2.05, 4.69) is 20.6 Å². The molecule has 0 radical (unpaired) electrons. The summed E-state index contributed by atoms with van der Waals surface area (Å²) in [5, 5.41) is 15.5. The summed E-state index contributed by atoms with van der Waals surface area (Å²) in [5.41, 5.74) is 1.17. The van der Waals surface area contributed by atoms with Crippen molar-refractivity contribution in [2.45, 2.75) is 20.0 Å². The van der Waals surface area contributed by atoms with Gasteiger partial charge in [0.2, 0.25) is 0 Å². The first-order valence-electron chi connectivity index (χ1n) is 5.20. The van der Waals surface area contributed by atoms with Gasteiger partial charge in [-0.25, -0.2) is 0 Å². The molecule has 0 unspecified atom stereocenters. The largest absolute Gasteiger partial charge is 0.317 e. The summed E-state index contributed by atoms with van der Waals surface area (Å²) in [5.74, 6) is 1.87. The van der Waals surface area contributed by atoms with Gasteiger partial charge in [0.15, 0.2) is 0 Å². The Morgan fingerprint density at radius 3 is 2.62 bits per heavy atom. The summed E-state index contributed by atoms with van der Waals surface area (Å²) in [6.07, 6.45) is 3.85. The van der Waals surface area contributed by atoms with Crippen LogP contribution in [0, 0.1) is 6.92 Å². The van der Waals surface area contributed by atoms with E-state index in [0.29, 0.717) is 6.54 Å². The zero-order valence-corrected chi connectivity index (χ0v) is 9.80. The Bertz CT molecular complexity index is 469. The second-order valence-corrected chi connectivity index (χ2v) is 3.85. The van der Waals surface area contributed by atoms with Gasteiger partial charge in [-0.3, -0.25) is 4.68 Å². The van der Waals surface area contributed by atoms with E-state index in [0.717, 1.165) is 18.2 Å². The molecule has 0 spiro atoms. The van der Waals surface area contributed by atoms with E-state index >= 15 is 0 Å². The Labute approximate surface area is 94.3 Å². The summed E-state index contributed by atoms with van der Waals surface area (Å²) in [6, 6.07) is 0. The molecule has 0 saturated heterocycles. The maximum atomic E-state index is 4.11. The second kappa shape index (κ2) is 4.44. The minimum absolute atomic E-state index is 0.715. The van der Waals surface area contributed by atoms with Crippen LogP contribution in [0.4, 0.5) is 0 Å². The van der Waals surface area contributed by atoms with Gasteiger partial charge < -0.3 is 9.88 Å². The highest BCUT2D eigenvalue weighted by Gasteiger charge is 2.04. The number of nitrogens with one attached hydrogen (secondary N) is 1. The van der Waals surface area contributed by atoms with Gasteiger partial charge in [0.25, 0.3) is 0 Å². The fraction of sp³-hybridized carbons (Fsp3) is 0.500. The predicted molar refractivity (Wildman–Crippen MR) is 59.5 cm³/mol. The van der Waals surface area contributed by atoms with Crippen LogP contribution in [-0.4, -0.2) is 24.5 Å². The monoisotopic (exact) mass is 220 g/mol. The summed E-state index contributed by atoms with van der Waals surface area (Å²) >= 11 is 0. The number of hydrogen-bond acceptors (Lipinski definition) is 4. The zero-order chi connectivity index (χ0) is 11.5. The SMILES string of the molecule is Cc1nnc(CNCc2cnn(C)c2)n1C. The summed E-state index contributed by atoms with van der Waals surface area (Å²) < 4.78 is 3.78. The molecule has 0 aliphatic heterocycles. The van der Waals surface area contributed by atoms with E-state index in [-0.39, 0.29) is 0 Å². The normalized spacial score (nSPS) is 10.9. The lowest BCUT2D eigenvalue weighted by Gasteiger charge is -2.02. The molecule has 6 heteroatoms. The predicted octanol–water partition coefficient (Wildman–Crippen LogP) is 0.147. The van der Waals surface area contributed by atoms with Gasteiger partial charge in [-0.1, -0.05) is 0 Å². The molecule has 0 aliphatic carbocycles. The lowest BCUT2D eigenvalue weighted by Crippen LogP contribution is -2.15. The van der Waals surface area contributed by atoms with Crippen molar-refractivity contribution < 1.29 is 0 Å². The van der Waals surface area contributed by atoms with Crippen LogP contribution >= 0.6 is 0 Å². The third-order valence-corrected chi connectivity index (χ3v) is 2.55. The Morgan fingerprint density at radius 2 is 2.06 bits per heavy atom. The van der Waals surface area contributed by atoms with Crippen LogP contribution in [0.15, 0.2) is 12.4 Å². The third kappa shape index (κ3) is 2.27. The molecule has 0 saturated carbocycles. The van der Waals surface area contributed by atoms with Gasteiger partial charge in [0.1, 0.15) is 11.6 Å². The van der Waals surface area contributed by atoms with E-state index in [1.54, 1.807) is 4.68 Å². The van der Waals surface area contributed by atoms with E-state index in [4.69, 9.17) is 0 Å². The molecule has 86 valence electrons. The van der Waals surface area contributed by atoms with Crippen LogP contribution in [0.5, 0.6) is 0 Å². The van der Waals surface area contributed by atoms with Crippen LogP contribution < -0.4 is 5.32 Å². The van der Waals surface area contributed by atoms with Crippen molar-refractivity contribution in [1.82, 2.24) is 29.9 Å². The topological polar surface area (TPSA) is 60.6 Å². The van der Waals surface area contributed by atoms with Crippen LogP contribution in [0.3, 0.4) is 0 Å². The first kappa shape index (κ1) is 10.8. The van der Waals surface area contributed by atoms with Gasteiger partial charge >= 0.3 is 0 Å².